The van der Waals surface area contributed by atoms with Crippen molar-refractivity contribution in [2.24, 2.45) is 0 Å². The molecule has 0 unspecified atom stereocenters. The fourth-order valence-corrected chi connectivity index (χ4v) is 5.58. The van der Waals surface area contributed by atoms with Crippen molar-refractivity contribution in [2.45, 2.75) is 57.9 Å². The van der Waals surface area contributed by atoms with Gasteiger partial charge in [0.05, 0.1) is 41.9 Å². The smallest absolute Gasteiger partial charge is 0.250 e. The van der Waals surface area contributed by atoms with E-state index in [-0.39, 0.29) is 41.4 Å². The number of carbonyl (C=O) groups is 1. The molecule has 0 bridgehead atoms. The number of rotatable bonds is 9. The molecule has 2 aliphatic heterocycles. The highest BCUT2D eigenvalue weighted by Crippen LogP contribution is 2.31. The number of aromatic nitrogens is 3. The molecule has 6 rings (SSSR count). The van der Waals surface area contributed by atoms with Crippen molar-refractivity contribution in [1.82, 2.24) is 19.4 Å². The van der Waals surface area contributed by atoms with E-state index in [0.29, 0.717) is 18.7 Å². The second-order valence-corrected chi connectivity index (χ2v) is 11.0. The van der Waals surface area contributed by atoms with Crippen molar-refractivity contribution in [3.63, 3.8) is 0 Å². The van der Waals surface area contributed by atoms with Gasteiger partial charge in [-0.2, -0.15) is 5.26 Å². The number of halogens is 2. The lowest BCUT2D eigenvalue weighted by atomic mass is 9.93. The predicted octanol–water partition coefficient (Wildman–Crippen LogP) is 5.53. The molecule has 0 saturated carbocycles. The molecule has 2 aromatic carbocycles. The number of nitriles is 1. The van der Waals surface area contributed by atoms with Crippen LogP contribution in [-0.2, 0) is 24.4 Å². The molecule has 1 atom stereocenters. The lowest BCUT2D eigenvalue weighted by Crippen LogP contribution is -2.35. The number of ether oxygens (including phenoxy) is 2. The molecule has 0 spiro atoms. The van der Waals surface area contributed by atoms with E-state index in [1.807, 2.05) is 24.3 Å². The van der Waals surface area contributed by atoms with E-state index in [9.17, 15) is 13.6 Å². The number of piperidine rings is 1. The zero-order chi connectivity index (χ0) is 29.2. The number of benzene rings is 2. The van der Waals surface area contributed by atoms with Crippen LogP contribution in [-0.4, -0.2) is 51.0 Å². The second-order valence-electron chi connectivity index (χ2n) is 11.0. The highest BCUT2D eigenvalue weighted by Gasteiger charge is 2.26. The Hall–Kier alpha value is -4.20. The first-order valence-corrected chi connectivity index (χ1v) is 14.2. The molecule has 0 N–H and O–H groups in total. The van der Waals surface area contributed by atoms with E-state index >= 15 is 0 Å². The van der Waals surface area contributed by atoms with Crippen LogP contribution in [0.5, 0.6) is 5.88 Å². The molecule has 8 nitrogen and oxygen atoms in total. The highest BCUT2D eigenvalue weighted by atomic mass is 19.1. The number of ketones is 1. The van der Waals surface area contributed by atoms with E-state index in [2.05, 4.69) is 14.5 Å². The number of imidazole rings is 1. The van der Waals surface area contributed by atoms with Crippen molar-refractivity contribution >= 4 is 16.8 Å². The molecular weight excluding hydrogens is 540 g/mol. The Kier molecular flexibility index (Phi) is 7.96. The van der Waals surface area contributed by atoms with Gasteiger partial charge in [0.25, 0.3) is 5.88 Å². The molecular formula is C32H31F2N5O3. The number of likely N-dealkylation sites (tertiary alicyclic amines) is 1. The SMILES string of the molecule is CC(=O)c1ccc2nc(CN3CCC(c4ccc(F)c(OCc5ccc(C#N)cc5F)n4)CC3)n(C[C@@H]3CCO3)c2c1. The molecule has 0 aliphatic carbocycles. The van der Waals surface area contributed by atoms with E-state index in [4.69, 9.17) is 19.7 Å². The van der Waals surface area contributed by atoms with Gasteiger partial charge in [0.2, 0.25) is 0 Å². The fourth-order valence-electron chi connectivity index (χ4n) is 5.58. The summed E-state index contributed by atoms with van der Waals surface area (Å²) in [6.07, 6.45) is 2.84. The normalized spacial score (nSPS) is 17.6. The Labute approximate surface area is 242 Å². The minimum absolute atomic E-state index is 0.0255. The summed E-state index contributed by atoms with van der Waals surface area (Å²) in [7, 11) is 0. The number of Topliss-reactive ketones (excluding diaryl/α,β-unsaturated/α-hetero) is 1. The van der Waals surface area contributed by atoms with Gasteiger partial charge in [-0.1, -0.05) is 6.07 Å². The van der Waals surface area contributed by atoms with Gasteiger partial charge in [-0.05, 0) is 81.7 Å². The van der Waals surface area contributed by atoms with Gasteiger partial charge in [-0.3, -0.25) is 9.69 Å². The summed E-state index contributed by atoms with van der Waals surface area (Å²) in [5, 5.41) is 8.92. The number of fused-ring (bicyclic) bond motifs is 1. The average Bonchev–Trinajstić information content (AvgIpc) is 3.31. The first-order chi connectivity index (χ1) is 20.4. The third kappa shape index (κ3) is 5.89. The van der Waals surface area contributed by atoms with Crippen molar-refractivity contribution in [1.29, 1.82) is 5.26 Å². The van der Waals surface area contributed by atoms with Gasteiger partial charge in [-0.15, -0.1) is 0 Å². The van der Waals surface area contributed by atoms with Gasteiger partial charge in [0.1, 0.15) is 18.2 Å². The number of pyridine rings is 1. The highest BCUT2D eigenvalue weighted by molar-refractivity contribution is 5.97. The maximum atomic E-state index is 14.5. The molecule has 2 saturated heterocycles. The van der Waals surface area contributed by atoms with Crippen LogP contribution in [0.3, 0.4) is 0 Å². The lowest BCUT2D eigenvalue weighted by molar-refractivity contribution is -0.0592. The molecule has 216 valence electrons. The minimum atomic E-state index is -0.604. The third-order valence-corrected chi connectivity index (χ3v) is 8.17. The largest absolute Gasteiger partial charge is 0.471 e. The Morgan fingerprint density at radius 1 is 1.07 bits per heavy atom. The van der Waals surface area contributed by atoms with Crippen LogP contribution in [0.15, 0.2) is 48.5 Å². The molecule has 4 aromatic rings. The molecule has 0 amide bonds. The Bertz CT molecular complexity index is 1670. The van der Waals surface area contributed by atoms with Crippen molar-refractivity contribution in [3.8, 4) is 11.9 Å². The minimum Gasteiger partial charge on any atom is -0.471 e. The molecule has 42 heavy (non-hydrogen) atoms. The van der Waals surface area contributed by atoms with Crippen LogP contribution in [0, 0.1) is 23.0 Å². The van der Waals surface area contributed by atoms with Crippen LogP contribution < -0.4 is 4.74 Å². The molecule has 2 aliphatic rings. The first kappa shape index (κ1) is 27.9. The van der Waals surface area contributed by atoms with E-state index in [1.54, 1.807) is 13.0 Å². The van der Waals surface area contributed by atoms with Crippen molar-refractivity contribution in [3.05, 3.63) is 88.4 Å². The Balaban J connectivity index is 1.12. The predicted molar refractivity (Wildman–Crippen MR) is 151 cm³/mol. The van der Waals surface area contributed by atoms with Gasteiger partial charge in [-0.25, -0.2) is 18.7 Å². The summed E-state index contributed by atoms with van der Waals surface area (Å²) in [6.45, 7) is 5.17. The Morgan fingerprint density at radius 3 is 2.57 bits per heavy atom. The third-order valence-electron chi connectivity index (χ3n) is 8.17. The monoisotopic (exact) mass is 571 g/mol. The summed E-state index contributed by atoms with van der Waals surface area (Å²) in [5.41, 5.74) is 3.67. The van der Waals surface area contributed by atoms with Crippen LogP contribution in [0.1, 0.15) is 65.1 Å². The van der Waals surface area contributed by atoms with Crippen LogP contribution in [0.2, 0.25) is 0 Å². The second kappa shape index (κ2) is 12.0. The topological polar surface area (TPSA) is 93.3 Å². The van der Waals surface area contributed by atoms with E-state index in [1.165, 1.54) is 18.2 Å². The number of hydrogen-bond donors (Lipinski definition) is 0. The van der Waals surface area contributed by atoms with E-state index in [0.717, 1.165) is 67.6 Å². The van der Waals surface area contributed by atoms with Crippen molar-refractivity contribution in [2.75, 3.05) is 19.7 Å². The number of nitrogens with zero attached hydrogens (tertiary/aromatic N) is 5. The van der Waals surface area contributed by atoms with Gasteiger partial charge in [0.15, 0.2) is 11.6 Å². The molecule has 2 fully saturated rings. The lowest BCUT2D eigenvalue weighted by Gasteiger charge is -2.32. The molecule has 0 radical (unpaired) electrons. The maximum absolute atomic E-state index is 14.5. The summed E-state index contributed by atoms with van der Waals surface area (Å²) in [4.78, 5) is 23.7. The van der Waals surface area contributed by atoms with Gasteiger partial charge < -0.3 is 14.0 Å². The zero-order valence-corrected chi connectivity index (χ0v) is 23.4. The van der Waals surface area contributed by atoms with E-state index < -0.39 is 11.6 Å². The summed E-state index contributed by atoms with van der Waals surface area (Å²) in [5.74, 6) is -0.229. The molecule has 10 heteroatoms. The standard InChI is InChI=1S/C32H31F2N5O3/c1-20(40)23-4-6-29-30(15-23)39(17-25-10-13-41-25)31(36-29)18-38-11-8-22(9-12-38)28-7-5-26(33)32(37-28)42-19-24-3-2-21(16-35)14-27(24)34/h2-7,14-15,22,25H,8-13,17-19H2,1H3/t25-/m0/s1. The summed E-state index contributed by atoms with van der Waals surface area (Å²) < 4.78 is 42.2. The molecule has 4 heterocycles. The van der Waals surface area contributed by atoms with Gasteiger partial charge in [0, 0.05) is 29.3 Å². The fraction of sp³-hybridized carbons (Fsp3) is 0.375. The first-order valence-electron chi connectivity index (χ1n) is 14.2. The van der Waals surface area contributed by atoms with Crippen LogP contribution >= 0.6 is 0 Å². The summed E-state index contributed by atoms with van der Waals surface area (Å²) >= 11 is 0. The Morgan fingerprint density at radius 2 is 1.88 bits per heavy atom. The zero-order valence-electron chi connectivity index (χ0n) is 23.4. The van der Waals surface area contributed by atoms with Crippen LogP contribution in [0.4, 0.5) is 8.78 Å². The van der Waals surface area contributed by atoms with Crippen molar-refractivity contribution < 1.29 is 23.0 Å². The van der Waals surface area contributed by atoms with Crippen LogP contribution in [0.25, 0.3) is 11.0 Å². The summed E-state index contributed by atoms with van der Waals surface area (Å²) in [6, 6.07) is 14.7. The number of hydrogen-bond acceptors (Lipinski definition) is 7. The average molecular weight is 572 g/mol. The maximum Gasteiger partial charge on any atom is 0.250 e. The quantitative estimate of drug-likeness (QED) is 0.244. The molecule has 2 aromatic heterocycles. The number of carbonyl (C=O) groups excluding carboxylic acids is 1. The van der Waals surface area contributed by atoms with Gasteiger partial charge >= 0.3 is 0 Å².